The van der Waals surface area contributed by atoms with Gasteiger partial charge in [-0.15, -0.1) is 0 Å². The van der Waals surface area contributed by atoms with Crippen LogP contribution in [0.15, 0.2) is 41.3 Å². The highest BCUT2D eigenvalue weighted by atomic mass is 35.5. The van der Waals surface area contributed by atoms with Gasteiger partial charge >= 0.3 is 0 Å². The number of halogens is 2. The molecule has 142 valence electrons. The standard InChI is InChI=1S/C19H19Cl2N3O3/c20-15-4-1-5-16(21)14(15)11-24-10-2-3-13(19(24)27)18(26)23-12-6-7-17(25)22-9-8-12/h1-5,10,12H,6-9,11H2,(H,22,25)(H,23,26). The van der Waals surface area contributed by atoms with E-state index in [0.29, 0.717) is 41.4 Å². The first kappa shape index (κ1) is 19.5. The van der Waals surface area contributed by atoms with Crippen LogP contribution in [0.3, 0.4) is 0 Å². The van der Waals surface area contributed by atoms with E-state index in [2.05, 4.69) is 10.6 Å². The third-order valence-electron chi connectivity index (χ3n) is 4.52. The average molecular weight is 408 g/mol. The van der Waals surface area contributed by atoms with Gasteiger partial charge in [0.25, 0.3) is 11.5 Å². The number of rotatable bonds is 4. The van der Waals surface area contributed by atoms with Crippen molar-refractivity contribution in [2.45, 2.75) is 31.8 Å². The molecule has 27 heavy (non-hydrogen) atoms. The van der Waals surface area contributed by atoms with Crippen molar-refractivity contribution in [1.82, 2.24) is 15.2 Å². The summed E-state index contributed by atoms with van der Waals surface area (Å²) < 4.78 is 1.40. The first-order valence-corrected chi connectivity index (χ1v) is 9.41. The summed E-state index contributed by atoms with van der Waals surface area (Å²) in [5, 5.41) is 6.53. The Morgan fingerprint density at radius 2 is 1.89 bits per heavy atom. The second kappa shape index (κ2) is 8.59. The summed E-state index contributed by atoms with van der Waals surface area (Å²) in [6.07, 6.45) is 3.13. The zero-order valence-electron chi connectivity index (χ0n) is 14.5. The van der Waals surface area contributed by atoms with Crippen molar-refractivity contribution in [2.24, 2.45) is 0 Å². The SMILES string of the molecule is O=C1CCC(NC(=O)c2cccn(Cc3c(Cl)cccc3Cl)c2=O)CCN1. The maximum atomic E-state index is 12.7. The molecule has 1 unspecified atom stereocenters. The lowest BCUT2D eigenvalue weighted by atomic mass is 10.1. The molecule has 0 aliphatic carbocycles. The molecule has 0 radical (unpaired) electrons. The van der Waals surface area contributed by atoms with E-state index in [0.717, 1.165) is 0 Å². The molecule has 0 saturated carbocycles. The second-order valence-corrected chi connectivity index (χ2v) is 7.22. The van der Waals surface area contributed by atoms with Crippen LogP contribution in [0.4, 0.5) is 0 Å². The predicted octanol–water partition coefficient (Wildman–Crippen LogP) is 2.60. The molecule has 2 aromatic rings. The van der Waals surface area contributed by atoms with Crippen molar-refractivity contribution in [2.75, 3.05) is 6.54 Å². The van der Waals surface area contributed by atoms with Crippen LogP contribution in [-0.4, -0.2) is 29.0 Å². The van der Waals surface area contributed by atoms with Gasteiger partial charge in [0.05, 0.1) is 6.54 Å². The van der Waals surface area contributed by atoms with Crippen molar-refractivity contribution in [3.8, 4) is 0 Å². The van der Waals surface area contributed by atoms with E-state index >= 15 is 0 Å². The summed E-state index contributed by atoms with van der Waals surface area (Å²) in [4.78, 5) is 36.7. The van der Waals surface area contributed by atoms with Gasteiger partial charge in [0.2, 0.25) is 5.91 Å². The Morgan fingerprint density at radius 1 is 1.15 bits per heavy atom. The third kappa shape index (κ3) is 4.70. The largest absolute Gasteiger partial charge is 0.356 e. The highest BCUT2D eigenvalue weighted by molar-refractivity contribution is 6.35. The summed E-state index contributed by atoms with van der Waals surface area (Å²) in [5.74, 6) is -0.468. The molecule has 8 heteroatoms. The van der Waals surface area contributed by atoms with Crippen LogP contribution >= 0.6 is 23.2 Å². The van der Waals surface area contributed by atoms with Crippen molar-refractivity contribution >= 4 is 35.0 Å². The van der Waals surface area contributed by atoms with Gasteiger partial charge in [-0.25, -0.2) is 0 Å². The first-order valence-electron chi connectivity index (χ1n) is 8.65. The van der Waals surface area contributed by atoms with Gasteiger partial charge in [-0.3, -0.25) is 14.4 Å². The average Bonchev–Trinajstić information content (AvgIpc) is 2.84. The number of carbonyl (C=O) groups is 2. The fourth-order valence-electron chi connectivity index (χ4n) is 3.02. The number of benzene rings is 1. The van der Waals surface area contributed by atoms with Crippen LogP contribution in [0, 0.1) is 0 Å². The van der Waals surface area contributed by atoms with E-state index < -0.39 is 11.5 Å². The van der Waals surface area contributed by atoms with Crippen LogP contribution in [0.2, 0.25) is 10.0 Å². The van der Waals surface area contributed by atoms with Crippen molar-refractivity contribution in [3.05, 3.63) is 68.1 Å². The smallest absolute Gasteiger partial charge is 0.263 e. The lowest BCUT2D eigenvalue weighted by Gasteiger charge is -2.16. The summed E-state index contributed by atoms with van der Waals surface area (Å²) >= 11 is 12.4. The third-order valence-corrected chi connectivity index (χ3v) is 5.23. The lowest BCUT2D eigenvalue weighted by molar-refractivity contribution is -0.120. The molecule has 0 spiro atoms. The molecule has 2 heterocycles. The molecule has 6 nitrogen and oxygen atoms in total. The van der Waals surface area contributed by atoms with Gasteiger partial charge in [-0.1, -0.05) is 29.3 Å². The molecule has 2 N–H and O–H groups in total. The maximum Gasteiger partial charge on any atom is 0.263 e. The van der Waals surface area contributed by atoms with Crippen LogP contribution in [0.25, 0.3) is 0 Å². The van der Waals surface area contributed by atoms with E-state index in [-0.39, 0.29) is 24.1 Å². The molecule has 1 aliphatic rings. The quantitative estimate of drug-likeness (QED) is 0.816. The highest BCUT2D eigenvalue weighted by Crippen LogP contribution is 2.24. The Hall–Kier alpha value is -2.31. The summed E-state index contributed by atoms with van der Waals surface area (Å²) in [7, 11) is 0. The Labute approximate surface area is 166 Å². The number of carbonyl (C=O) groups excluding carboxylic acids is 2. The number of hydrogen-bond acceptors (Lipinski definition) is 3. The van der Waals surface area contributed by atoms with Crippen molar-refractivity contribution < 1.29 is 9.59 Å². The van der Waals surface area contributed by atoms with Gasteiger partial charge in [0, 0.05) is 40.8 Å². The molecule has 0 bridgehead atoms. The summed E-state index contributed by atoms with van der Waals surface area (Å²) in [6, 6.07) is 8.11. The molecular weight excluding hydrogens is 389 g/mol. The lowest BCUT2D eigenvalue weighted by Crippen LogP contribution is -2.39. The van der Waals surface area contributed by atoms with Gasteiger partial charge < -0.3 is 15.2 Å². The monoisotopic (exact) mass is 407 g/mol. The maximum absolute atomic E-state index is 12.7. The zero-order valence-corrected chi connectivity index (χ0v) is 16.0. The minimum Gasteiger partial charge on any atom is -0.356 e. The molecule has 1 aromatic carbocycles. The second-order valence-electron chi connectivity index (χ2n) is 6.40. The van der Waals surface area contributed by atoms with E-state index in [1.165, 1.54) is 10.6 Å². The number of nitrogens with one attached hydrogen (secondary N) is 2. The molecule has 3 rings (SSSR count). The normalized spacial score (nSPS) is 17.1. The number of hydrogen-bond donors (Lipinski definition) is 2. The van der Waals surface area contributed by atoms with Crippen LogP contribution in [-0.2, 0) is 11.3 Å². The predicted molar refractivity (Wildman–Crippen MR) is 104 cm³/mol. The van der Waals surface area contributed by atoms with Gasteiger partial charge in [-0.05, 0) is 37.1 Å². The number of aromatic nitrogens is 1. The fourth-order valence-corrected chi connectivity index (χ4v) is 3.54. The molecule has 1 fully saturated rings. The van der Waals surface area contributed by atoms with Gasteiger partial charge in [0.15, 0.2) is 0 Å². The summed E-state index contributed by atoms with van der Waals surface area (Å²) in [5.41, 5.74) is 0.242. The molecule has 1 aliphatic heterocycles. The fraction of sp³-hybridized carbons (Fsp3) is 0.316. The molecular formula is C19H19Cl2N3O3. The summed E-state index contributed by atoms with van der Waals surface area (Å²) in [6.45, 7) is 0.675. The topological polar surface area (TPSA) is 80.2 Å². The van der Waals surface area contributed by atoms with E-state index in [1.807, 2.05) is 0 Å². The molecule has 1 aromatic heterocycles. The molecule has 1 atom stereocenters. The van der Waals surface area contributed by atoms with Crippen LogP contribution < -0.4 is 16.2 Å². The number of amides is 2. The van der Waals surface area contributed by atoms with Crippen molar-refractivity contribution in [1.29, 1.82) is 0 Å². The van der Waals surface area contributed by atoms with Crippen molar-refractivity contribution in [3.63, 3.8) is 0 Å². The minimum absolute atomic E-state index is 0.0227. The Bertz CT molecular complexity index is 906. The van der Waals surface area contributed by atoms with Gasteiger partial charge in [0.1, 0.15) is 5.56 Å². The minimum atomic E-state index is -0.445. The highest BCUT2D eigenvalue weighted by Gasteiger charge is 2.20. The Morgan fingerprint density at radius 3 is 2.63 bits per heavy atom. The first-order chi connectivity index (χ1) is 13.0. The van der Waals surface area contributed by atoms with E-state index in [1.54, 1.807) is 30.5 Å². The number of nitrogens with zero attached hydrogens (tertiary/aromatic N) is 1. The van der Waals surface area contributed by atoms with Gasteiger partial charge in [-0.2, -0.15) is 0 Å². The Kier molecular flexibility index (Phi) is 6.19. The zero-order chi connectivity index (χ0) is 19.4. The van der Waals surface area contributed by atoms with E-state index in [4.69, 9.17) is 23.2 Å². The molecule has 2 amide bonds. The van der Waals surface area contributed by atoms with Crippen LogP contribution in [0.5, 0.6) is 0 Å². The number of pyridine rings is 1. The van der Waals surface area contributed by atoms with Crippen LogP contribution in [0.1, 0.15) is 35.2 Å². The molecule has 1 saturated heterocycles. The Balaban J connectivity index is 1.79. The van der Waals surface area contributed by atoms with E-state index in [9.17, 15) is 14.4 Å².